The summed E-state index contributed by atoms with van der Waals surface area (Å²) >= 11 is 1.65. The summed E-state index contributed by atoms with van der Waals surface area (Å²) < 4.78 is 18.6. The van der Waals surface area contributed by atoms with E-state index >= 15 is 0 Å². The largest absolute Gasteiger partial charge is 0.439 e. The number of aryl methyl sites for hydroxylation is 1. The van der Waals surface area contributed by atoms with E-state index in [-0.39, 0.29) is 5.82 Å². The molecule has 0 saturated carbocycles. The average Bonchev–Trinajstić information content (AvgIpc) is 3.09. The second-order valence-corrected chi connectivity index (χ2v) is 7.02. The van der Waals surface area contributed by atoms with Crippen molar-refractivity contribution >= 4 is 17.3 Å². The monoisotopic (exact) mass is 385 g/mol. The van der Waals surface area contributed by atoms with Crippen LogP contribution in [0.4, 0.5) is 4.39 Å². The highest BCUT2D eigenvalue weighted by molar-refractivity contribution is 7.11. The van der Waals surface area contributed by atoms with Crippen LogP contribution in [0, 0.1) is 12.7 Å². The molecule has 6 nitrogen and oxygen atoms in total. The summed E-state index contributed by atoms with van der Waals surface area (Å²) in [5.74, 6) is 1.35. The molecule has 0 amide bonds. The molecule has 27 heavy (non-hydrogen) atoms. The molecule has 1 aromatic carbocycles. The molecule has 8 heteroatoms. The standard InChI is InChI=1S/C19H20FN5OS/c1-13-10-23-18(27-13)12-25-19(21-2)24-11-14-7-8-22-17(9-14)26-16-5-3-15(20)4-6-16/h3-10H,11-12H2,1-2H3,(H2,21,24,25). The van der Waals surface area contributed by atoms with E-state index in [1.807, 2.05) is 25.3 Å². The van der Waals surface area contributed by atoms with E-state index in [1.54, 1.807) is 36.7 Å². The van der Waals surface area contributed by atoms with E-state index in [0.717, 1.165) is 10.6 Å². The number of benzene rings is 1. The quantitative estimate of drug-likeness (QED) is 0.501. The minimum atomic E-state index is -0.306. The van der Waals surface area contributed by atoms with Crippen LogP contribution in [-0.4, -0.2) is 23.0 Å². The van der Waals surface area contributed by atoms with Crippen molar-refractivity contribution in [3.05, 3.63) is 70.1 Å². The number of halogens is 1. The Labute approximate surface area is 161 Å². The van der Waals surface area contributed by atoms with Crippen LogP contribution in [0.25, 0.3) is 0 Å². The minimum absolute atomic E-state index is 0.306. The van der Waals surface area contributed by atoms with Gasteiger partial charge in [0.05, 0.1) is 6.54 Å². The van der Waals surface area contributed by atoms with Crippen molar-refractivity contribution in [2.24, 2.45) is 4.99 Å². The van der Waals surface area contributed by atoms with Gasteiger partial charge in [-0.3, -0.25) is 4.99 Å². The number of pyridine rings is 1. The fraction of sp³-hybridized carbons (Fsp3) is 0.211. The van der Waals surface area contributed by atoms with E-state index in [4.69, 9.17) is 4.74 Å². The first-order valence-corrected chi connectivity index (χ1v) is 9.18. The molecular formula is C19H20FN5OS. The lowest BCUT2D eigenvalue weighted by Crippen LogP contribution is -2.36. The number of thiazole rings is 1. The molecule has 0 saturated heterocycles. The molecule has 0 aliphatic heterocycles. The second kappa shape index (κ2) is 9.09. The summed E-state index contributed by atoms with van der Waals surface area (Å²) in [6.07, 6.45) is 3.53. The molecule has 2 aromatic heterocycles. The SMILES string of the molecule is CN=C(NCc1ccnc(Oc2ccc(F)cc2)c1)NCc1ncc(C)s1. The molecule has 0 fully saturated rings. The first-order valence-electron chi connectivity index (χ1n) is 8.36. The maximum absolute atomic E-state index is 13.0. The molecule has 2 N–H and O–H groups in total. The molecule has 0 radical (unpaired) electrons. The predicted molar refractivity (Wildman–Crippen MR) is 105 cm³/mol. The Morgan fingerprint density at radius 1 is 1.15 bits per heavy atom. The first-order chi connectivity index (χ1) is 13.1. The zero-order chi connectivity index (χ0) is 19.1. The zero-order valence-corrected chi connectivity index (χ0v) is 15.9. The third-order valence-corrected chi connectivity index (χ3v) is 4.51. The minimum Gasteiger partial charge on any atom is -0.439 e. The molecule has 0 bridgehead atoms. The second-order valence-electron chi connectivity index (χ2n) is 5.70. The van der Waals surface area contributed by atoms with Crippen molar-refractivity contribution in [2.45, 2.75) is 20.0 Å². The fourth-order valence-corrected chi connectivity index (χ4v) is 3.02. The van der Waals surface area contributed by atoms with Gasteiger partial charge >= 0.3 is 0 Å². The van der Waals surface area contributed by atoms with Gasteiger partial charge in [0.2, 0.25) is 5.88 Å². The van der Waals surface area contributed by atoms with Gasteiger partial charge in [-0.1, -0.05) is 0 Å². The van der Waals surface area contributed by atoms with Gasteiger partial charge in [-0.05, 0) is 42.8 Å². The summed E-state index contributed by atoms with van der Waals surface area (Å²) in [5, 5.41) is 7.49. The molecule has 0 aliphatic rings. The average molecular weight is 385 g/mol. The Bertz CT molecular complexity index is 910. The highest BCUT2D eigenvalue weighted by atomic mass is 32.1. The molecule has 140 valence electrons. The van der Waals surface area contributed by atoms with Crippen LogP contribution in [0.15, 0.2) is 53.8 Å². The maximum Gasteiger partial charge on any atom is 0.219 e. The predicted octanol–water partition coefficient (Wildman–Crippen LogP) is 3.64. The number of hydrogen-bond acceptors (Lipinski definition) is 5. The van der Waals surface area contributed by atoms with Crippen LogP contribution < -0.4 is 15.4 Å². The van der Waals surface area contributed by atoms with Crippen LogP contribution in [0.3, 0.4) is 0 Å². The van der Waals surface area contributed by atoms with Crippen LogP contribution in [-0.2, 0) is 13.1 Å². The van der Waals surface area contributed by atoms with Crippen molar-refractivity contribution < 1.29 is 9.13 Å². The van der Waals surface area contributed by atoms with Gasteiger partial charge in [-0.15, -0.1) is 11.3 Å². The molecule has 3 aromatic rings. The van der Waals surface area contributed by atoms with Gasteiger partial charge in [-0.25, -0.2) is 14.4 Å². The van der Waals surface area contributed by atoms with Gasteiger partial charge < -0.3 is 15.4 Å². The van der Waals surface area contributed by atoms with Gasteiger partial charge in [0.25, 0.3) is 0 Å². The van der Waals surface area contributed by atoms with Crippen molar-refractivity contribution in [2.75, 3.05) is 7.05 Å². The molecule has 0 unspecified atom stereocenters. The van der Waals surface area contributed by atoms with Crippen molar-refractivity contribution in [3.8, 4) is 11.6 Å². The molecule has 0 atom stereocenters. The molecule has 2 heterocycles. The maximum atomic E-state index is 13.0. The van der Waals surface area contributed by atoms with Gasteiger partial charge in [0.15, 0.2) is 5.96 Å². The summed E-state index contributed by atoms with van der Waals surface area (Å²) in [7, 11) is 1.72. The number of hydrogen-bond donors (Lipinski definition) is 2. The van der Waals surface area contributed by atoms with Crippen molar-refractivity contribution in [1.82, 2.24) is 20.6 Å². The smallest absolute Gasteiger partial charge is 0.219 e. The van der Waals surface area contributed by atoms with Crippen molar-refractivity contribution in [3.63, 3.8) is 0 Å². The van der Waals surface area contributed by atoms with E-state index in [9.17, 15) is 4.39 Å². The Hall–Kier alpha value is -3.00. The topological polar surface area (TPSA) is 71.4 Å². The summed E-state index contributed by atoms with van der Waals surface area (Å²) in [5.41, 5.74) is 0.982. The number of aromatic nitrogens is 2. The molecule has 0 aliphatic carbocycles. The third kappa shape index (κ3) is 5.75. The Morgan fingerprint density at radius 2 is 1.93 bits per heavy atom. The van der Waals surface area contributed by atoms with Gasteiger partial charge in [0, 0.05) is 36.9 Å². The number of guanidine groups is 1. The number of ether oxygens (including phenoxy) is 1. The fourth-order valence-electron chi connectivity index (χ4n) is 2.29. The summed E-state index contributed by atoms with van der Waals surface area (Å²) in [6.45, 7) is 3.20. The third-order valence-electron chi connectivity index (χ3n) is 3.60. The number of rotatable bonds is 6. The van der Waals surface area contributed by atoms with Crippen LogP contribution in [0.5, 0.6) is 11.6 Å². The van der Waals surface area contributed by atoms with Crippen LogP contribution in [0.1, 0.15) is 15.4 Å². The van der Waals surface area contributed by atoms with Crippen LogP contribution in [0.2, 0.25) is 0 Å². The van der Waals surface area contributed by atoms with E-state index in [2.05, 4.69) is 25.6 Å². The Balaban J connectivity index is 1.54. The van der Waals surface area contributed by atoms with E-state index in [0.29, 0.717) is 30.7 Å². The molecular weight excluding hydrogens is 365 g/mol. The number of nitrogens with zero attached hydrogens (tertiary/aromatic N) is 3. The highest BCUT2D eigenvalue weighted by Crippen LogP contribution is 2.20. The van der Waals surface area contributed by atoms with Crippen LogP contribution >= 0.6 is 11.3 Å². The number of aliphatic imine (C=N–C) groups is 1. The summed E-state index contributed by atoms with van der Waals surface area (Å²) in [4.78, 5) is 13.9. The molecule has 0 spiro atoms. The lowest BCUT2D eigenvalue weighted by Gasteiger charge is -2.11. The van der Waals surface area contributed by atoms with E-state index in [1.165, 1.54) is 17.0 Å². The van der Waals surface area contributed by atoms with E-state index < -0.39 is 0 Å². The lowest BCUT2D eigenvalue weighted by molar-refractivity contribution is 0.460. The highest BCUT2D eigenvalue weighted by Gasteiger charge is 2.04. The van der Waals surface area contributed by atoms with Gasteiger partial charge in [-0.2, -0.15) is 0 Å². The van der Waals surface area contributed by atoms with Gasteiger partial charge in [0.1, 0.15) is 16.6 Å². The molecule has 3 rings (SSSR count). The first kappa shape index (κ1) is 18.8. The lowest BCUT2D eigenvalue weighted by atomic mass is 10.2. The number of nitrogens with one attached hydrogen (secondary N) is 2. The normalized spacial score (nSPS) is 11.3. The van der Waals surface area contributed by atoms with Crippen molar-refractivity contribution in [1.29, 1.82) is 0 Å². The Morgan fingerprint density at radius 3 is 2.63 bits per heavy atom. The Kier molecular flexibility index (Phi) is 6.32. The summed E-state index contributed by atoms with van der Waals surface area (Å²) in [6, 6.07) is 9.54. The zero-order valence-electron chi connectivity index (χ0n) is 15.1.